The molecular weight excluding hydrogens is 356 g/mol. The summed E-state index contributed by atoms with van der Waals surface area (Å²) < 4.78 is 0.831. The van der Waals surface area contributed by atoms with Crippen LogP contribution in [0.2, 0.25) is 15.1 Å². The van der Waals surface area contributed by atoms with E-state index in [1.54, 1.807) is 18.2 Å². The quantitative estimate of drug-likeness (QED) is 0.752. The summed E-state index contributed by atoms with van der Waals surface area (Å²) in [6, 6.07) is 10.4. The van der Waals surface area contributed by atoms with E-state index in [-0.39, 0.29) is 6.04 Å². The zero-order valence-electron chi connectivity index (χ0n) is 9.13. The Morgan fingerprint density at radius 3 is 2.33 bits per heavy atom. The van der Waals surface area contributed by atoms with Crippen molar-refractivity contribution in [1.82, 2.24) is 0 Å². The van der Waals surface area contributed by atoms with E-state index < -0.39 is 0 Å². The maximum Gasteiger partial charge on any atom is 0.0567 e. The summed E-state index contributed by atoms with van der Waals surface area (Å²) in [7, 11) is 0. The van der Waals surface area contributed by atoms with Crippen molar-refractivity contribution in [3.8, 4) is 0 Å². The van der Waals surface area contributed by atoms with Crippen molar-refractivity contribution in [2.45, 2.75) is 6.04 Å². The molecule has 0 amide bonds. The average Bonchev–Trinajstić information content (AvgIpc) is 2.35. The molecule has 2 aromatic rings. The first kappa shape index (κ1) is 14.2. The normalized spacial score (nSPS) is 12.5. The van der Waals surface area contributed by atoms with Gasteiger partial charge in [-0.05, 0) is 57.4 Å². The molecule has 0 heterocycles. The number of hydrogen-bond donors (Lipinski definition) is 1. The Bertz CT molecular complexity index is 586. The molecular formula is C13H9BrCl3N. The lowest BCUT2D eigenvalue weighted by atomic mass is 10.00. The largest absolute Gasteiger partial charge is 0.320 e. The molecule has 0 aliphatic carbocycles. The minimum Gasteiger partial charge on any atom is -0.320 e. The van der Waals surface area contributed by atoms with E-state index in [4.69, 9.17) is 40.5 Å². The molecule has 1 atom stereocenters. The molecule has 0 spiro atoms. The van der Waals surface area contributed by atoms with Gasteiger partial charge < -0.3 is 5.73 Å². The van der Waals surface area contributed by atoms with Gasteiger partial charge >= 0.3 is 0 Å². The fourth-order valence-electron chi connectivity index (χ4n) is 1.64. The van der Waals surface area contributed by atoms with Crippen LogP contribution in [0.1, 0.15) is 17.2 Å². The van der Waals surface area contributed by atoms with Gasteiger partial charge in [0.25, 0.3) is 0 Å². The summed E-state index contributed by atoms with van der Waals surface area (Å²) in [4.78, 5) is 0. The minimum absolute atomic E-state index is 0.359. The van der Waals surface area contributed by atoms with Gasteiger partial charge in [0.1, 0.15) is 0 Å². The summed E-state index contributed by atoms with van der Waals surface area (Å²) in [6.45, 7) is 0. The van der Waals surface area contributed by atoms with Crippen molar-refractivity contribution < 1.29 is 0 Å². The first-order valence-corrected chi connectivity index (χ1v) is 7.07. The standard InChI is InChI=1S/C13H9BrCl3N/c14-10-3-1-7(5-12(10)17)13(18)9-6-8(15)2-4-11(9)16/h1-6,13H,18H2. The van der Waals surface area contributed by atoms with Crippen LogP contribution in [0, 0.1) is 0 Å². The molecule has 0 fully saturated rings. The highest BCUT2D eigenvalue weighted by Crippen LogP contribution is 2.32. The number of rotatable bonds is 2. The van der Waals surface area contributed by atoms with Gasteiger partial charge in [0.05, 0.1) is 11.1 Å². The second-order valence-electron chi connectivity index (χ2n) is 3.82. The van der Waals surface area contributed by atoms with E-state index in [1.807, 2.05) is 18.2 Å². The van der Waals surface area contributed by atoms with E-state index in [0.717, 1.165) is 15.6 Å². The Hall–Kier alpha value is -0.250. The summed E-state index contributed by atoms with van der Waals surface area (Å²) in [5.41, 5.74) is 7.85. The topological polar surface area (TPSA) is 26.0 Å². The van der Waals surface area contributed by atoms with E-state index in [9.17, 15) is 0 Å². The predicted octanol–water partition coefficient (Wildman–Crippen LogP) is 5.46. The van der Waals surface area contributed by atoms with Crippen LogP contribution in [0.5, 0.6) is 0 Å². The second kappa shape index (κ2) is 5.81. The Kier molecular flexibility index (Phi) is 4.57. The van der Waals surface area contributed by atoms with Gasteiger partial charge in [0.15, 0.2) is 0 Å². The summed E-state index contributed by atoms with van der Waals surface area (Å²) in [6.07, 6.45) is 0. The van der Waals surface area contributed by atoms with Crippen molar-refractivity contribution in [1.29, 1.82) is 0 Å². The third-order valence-electron chi connectivity index (χ3n) is 2.60. The van der Waals surface area contributed by atoms with Crippen LogP contribution in [-0.2, 0) is 0 Å². The molecule has 0 saturated heterocycles. The Balaban J connectivity index is 2.44. The molecule has 0 saturated carbocycles. The number of hydrogen-bond acceptors (Lipinski definition) is 1. The molecule has 0 aliphatic rings. The average molecular weight is 365 g/mol. The highest BCUT2D eigenvalue weighted by Gasteiger charge is 2.14. The molecule has 1 nitrogen and oxygen atoms in total. The van der Waals surface area contributed by atoms with Crippen molar-refractivity contribution >= 4 is 50.7 Å². The Morgan fingerprint density at radius 2 is 1.67 bits per heavy atom. The van der Waals surface area contributed by atoms with Crippen LogP contribution in [0.3, 0.4) is 0 Å². The van der Waals surface area contributed by atoms with Gasteiger partial charge in [0.2, 0.25) is 0 Å². The molecule has 0 bridgehead atoms. The molecule has 0 aromatic heterocycles. The second-order valence-corrected chi connectivity index (χ2v) is 5.92. The lowest BCUT2D eigenvalue weighted by Gasteiger charge is -2.15. The van der Waals surface area contributed by atoms with Crippen molar-refractivity contribution in [3.63, 3.8) is 0 Å². The van der Waals surface area contributed by atoms with E-state index in [0.29, 0.717) is 15.1 Å². The highest BCUT2D eigenvalue weighted by molar-refractivity contribution is 9.10. The zero-order chi connectivity index (χ0) is 13.3. The van der Waals surface area contributed by atoms with Gasteiger partial charge in [-0.25, -0.2) is 0 Å². The summed E-state index contributed by atoms with van der Waals surface area (Å²) in [5.74, 6) is 0. The van der Waals surface area contributed by atoms with Gasteiger partial charge in [-0.1, -0.05) is 40.9 Å². The molecule has 94 valence electrons. The molecule has 2 N–H and O–H groups in total. The van der Waals surface area contributed by atoms with Gasteiger partial charge in [-0.15, -0.1) is 0 Å². The molecule has 0 radical (unpaired) electrons. The molecule has 2 aromatic carbocycles. The first-order valence-electron chi connectivity index (χ1n) is 5.14. The van der Waals surface area contributed by atoms with Gasteiger partial charge in [-0.2, -0.15) is 0 Å². The van der Waals surface area contributed by atoms with Crippen LogP contribution < -0.4 is 5.73 Å². The fraction of sp³-hybridized carbons (Fsp3) is 0.0769. The zero-order valence-corrected chi connectivity index (χ0v) is 13.0. The number of halogens is 4. The predicted molar refractivity (Wildman–Crippen MR) is 81.6 cm³/mol. The number of nitrogens with two attached hydrogens (primary N) is 1. The smallest absolute Gasteiger partial charge is 0.0567 e. The SMILES string of the molecule is NC(c1ccc(Br)c(Cl)c1)c1cc(Cl)ccc1Cl. The van der Waals surface area contributed by atoms with Crippen molar-refractivity contribution in [2.24, 2.45) is 5.73 Å². The summed E-state index contributed by atoms with van der Waals surface area (Å²) in [5, 5.41) is 1.81. The molecule has 18 heavy (non-hydrogen) atoms. The lowest BCUT2D eigenvalue weighted by molar-refractivity contribution is 0.871. The monoisotopic (exact) mass is 363 g/mol. The molecule has 5 heteroatoms. The lowest BCUT2D eigenvalue weighted by Crippen LogP contribution is -2.12. The van der Waals surface area contributed by atoms with E-state index >= 15 is 0 Å². The Labute approximate surface area is 129 Å². The van der Waals surface area contributed by atoms with Crippen LogP contribution in [0.15, 0.2) is 40.9 Å². The van der Waals surface area contributed by atoms with Crippen LogP contribution in [0.25, 0.3) is 0 Å². The van der Waals surface area contributed by atoms with E-state index in [2.05, 4.69) is 15.9 Å². The minimum atomic E-state index is -0.359. The van der Waals surface area contributed by atoms with Crippen molar-refractivity contribution in [3.05, 3.63) is 67.1 Å². The van der Waals surface area contributed by atoms with Crippen LogP contribution >= 0.6 is 50.7 Å². The number of benzene rings is 2. The van der Waals surface area contributed by atoms with Crippen molar-refractivity contribution in [2.75, 3.05) is 0 Å². The van der Waals surface area contributed by atoms with Gasteiger partial charge in [0, 0.05) is 14.5 Å². The van der Waals surface area contributed by atoms with Crippen LogP contribution in [-0.4, -0.2) is 0 Å². The van der Waals surface area contributed by atoms with Crippen LogP contribution in [0.4, 0.5) is 0 Å². The molecule has 0 aliphatic heterocycles. The Morgan fingerprint density at radius 1 is 0.944 bits per heavy atom. The maximum absolute atomic E-state index is 6.19. The fourth-order valence-corrected chi connectivity index (χ4v) is 2.49. The third kappa shape index (κ3) is 3.01. The third-order valence-corrected chi connectivity index (χ3v) is 4.41. The first-order chi connectivity index (χ1) is 8.49. The summed E-state index contributed by atoms with van der Waals surface area (Å²) >= 11 is 21.5. The highest BCUT2D eigenvalue weighted by atomic mass is 79.9. The van der Waals surface area contributed by atoms with E-state index in [1.165, 1.54) is 0 Å². The molecule has 1 unspecified atom stereocenters. The molecule has 2 rings (SSSR count). The maximum atomic E-state index is 6.19. The van der Waals surface area contributed by atoms with Gasteiger partial charge in [-0.3, -0.25) is 0 Å².